The molecule has 0 aliphatic rings. The zero-order valence-electron chi connectivity index (χ0n) is 31.2. The van der Waals surface area contributed by atoms with Crippen LogP contribution < -0.4 is 0 Å². The van der Waals surface area contributed by atoms with Crippen molar-refractivity contribution in [2.24, 2.45) is 0 Å². The molecule has 1 aromatic carbocycles. The van der Waals surface area contributed by atoms with Gasteiger partial charge in [0.2, 0.25) is 0 Å². The van der Waals surface area contributed by atoms with E-state index in [9.17, 15) is 0 Å². The summed E-state index contributed by atoms with van der Waals surface area (Å²) in [5.41, 5.74) is 3.13. The summed E-state index contributed by atoms with van der Waals surface area (Å²) in [6.45, 7) is 7.04. The molecule has 1 heteroatoms. The maximum atomic E-state index is 4.18. The number of hydrogen-bond donors (Lipinski definition) is 0. The second-order valence-corrected chi connectivity index (χ2v) is 16.7. The Morgan fingerprint density at radius 1 is 0.400 bits per heavy atom. The summed E-state index contributed by atoms with van der Waals surface area (Å²) in [7, 11) is 0. The molecule has 1 rings (SSSR count). The molecule has 264 valence electrons. The van der Waals surface area contributed by atoms with Crippen LogP contribution in [0.15, 0.2) is 24.3 Å². The summed E-state index contributed by atoms with van der Waals surface area (Å²) in [4.78, 5) is 0. The fourth-order valence-corrected chi connectivity index (χ4v) is 7.92. The van der Waals surface area contributed by atoms with Crippen LogP contribution in [0.5, 0.6) is 0 Å². The standard InChI is InChI=1S/C44H81Br/c1-4-6-8-10-12-14-16-18-20-22-24-26-28-30-32-34-38-42-39-35-36-40-43(42)44(3,45)41-37-33-31-29-27-25-23-21-19-17-15-13-11-9-7-5-2/h35-36,39-40H,4-34,37-38,41H2,1-3H3. The molecule has 0 saturated carbocycles. The summed E-state index contributed by atoms with van der Waals surface area (Å²) in [6.07, 6.45) is 48.6. The average molecular weight is 690 g/mol. The number of benzene rings is 1. The SMILES string of the molecule is CCCCCCCCCCCCCCCCCCc1ccccc1C(C)(Br)CCCCCCCCCCCCCCCCCC. The second-order valence-electron chi connectivity index (χ2n) is 15.0. The normalized spacial score (nSPS) is 13.0. The van der Waals surface area contributed by atoms with Gasteiger partial charge in [0.15, 0.2) is 0 Å². The van der Waals surface area contributed by atoms with Gasteiger partial charge in [0.05, 0.1) is 0 Å². The van der Waals surface area contributed by atoms with E-state index in [0.717, 1.165) is 0 Å². The van der Waals surface area contributed by atoms with E-state index in [0.29, 0.717) is 0 Å². The first-order valence-electron chi connectivity index (χ1n) is 20.9. The van der Waals surface area contributed by atoms with E-state index >= 15 is 0 Å². The highest BCUT2D eigenvalue weighted by Gasteiger charge is 2.24. The molecule has 0 aliphatic carbocycles. The molecular formula is C44H81Br. The number of hydrogen-bond acceptors (Lipinski definition) is 0. The van der Waals surface area contributed by atoms with Gasteiger partial charge in [0.25, 0.3) is 0 Å². The summed E-state index contributed by atoms with van der Waals surface area (Å²) in [5.74, 6) is 0. The van der Waals surface area contributed by atoms with Gasteiger partial charge < -0.3 is 0 Å². The molecular weight excluding hydrogens is 608 g/mol. The third-order valence-electron chi connectivity index (χ3n) is 10.4. The highest BCUT2D eigenvalue weighted by molar-refractivity contribution is 9.09. The lowest BCUT2D eigenvalue weighted by atomic mass is 9.88. The molecule has 0 aliphatic heterocycles. The van der Waals surface area contributed by atoms with Gasteiger partial charge in [0.1, 0.15) is 0 Å². The molecule has 0 aromatic heterocycles. The molecule has 0 radical (unpaired) electrons. The van der Waals surface area contributed by atoms with Gasteiger partial charge in [-0.2, -0.15) is 0 Å². The Balaban J connectivity index is 2.01. The molecule has 1 aromatic rings. The minimum absolute atomic E-state index is 0.120. The first-order chi connectivity index (χ1) is 22.1. The van der Waals surface area contributed by atoms with E-state index in [1.807, 2.05) is 0 Å². The predicted octanol–water partition coefficient (Wildman–Crippen LogP) is 16.8. The van der Waals surface area contributed by atoms with Gasteiger partial charge in [-0.25, -0.2) is 0 Å². The molecule has 0 spiro atoms. The van der Waals surface area contributed by atoms with Crippen molar-refractivity contribution >= 4 is 15.9 Å². The van der Waals surface area contributed by atoms with Crippen molar-refractivity contribution in [1.29, 1.82) is 0 Å². The summed E-state index contributed by atoms with van der Waals surface area (Å²) in [6, 6.07) is 9.29. The van der Waals surface area contributed by atoms with Gasteiger partial charge in [-0.3, -0.25) is 0 Å². The van der Waals surface area contributed by atoms with Crippen molar-refractivity contribution in [3.05, 3.63) is 35.4 Å². The highest BCUT2D eigenvalue weighted by Crippen LogP contribution is 2.38. The fraction of sp³-hybridized carbons (Fsp3) is 0.864. The van der Waals surface area contributed by atoms with Gasteiger partial charge in [0, 0.05) is 4.32 Å². The maximum absolute atomic E-state index is 4.18. The number of aryl methyl sites for hydroxylation is 1. The number of rotatable bonds is 35. The molecule has 1 unspecified atom stereocenters. The minimum Gasteiger partial charge on any atom is -0.0804 e. The molecule has 1 atom stereocenters. The molecule has 0 nitrogen and oxygen atoms in total. The smallest absolute Gasteiger partial charge is 0.0480 e. The molecule has 0 bridgehead atoms. The number of unbranched alkanes of at least 4 members (excludes halogenated alkanes) is 30. The Morgan fingerprint density at radius 3 is 1.04 bits per heavy atom. The lowest BCUT2D eigenvalue weighted by Gasteiger charge is -2.26. The summed E-state index contributed by atoms with van der Waals surface area (Å²) in [5, 5.41) is 0. The Bertz CT molecular complexity index is 721. The first kappa shape index (κ1) is 42.7. The Labute approximate surface area is 293 Å². The Kier molecular flexibility index (Phi) is 30.6. The zero-order chi connectivity index (χ0) is 32.5. The quantitative estimate of drug-likeness (QED) is 0.0492. The zero-order valence-corrected chi connectivity index (χ0v) is 32.8. The van der Waals surface area contributed by atoms with Gasteiger partial charge in [-0.1, -0.05) is 253 Å². The van der Waals surface area contributed by atoms with E-state index in [2.05, 4.69) is 61.0 Å². The van der Waals surface area contributed by atoms with E-state index < -0.39 is 0 Å². The maximum Gasteiger partial charge on any atom is 0.0480 e. The van der Waals surface area contributed by atoms with Crippen LogP contribution >= 0.6 is 15.9 Å². The van der Waals surface area contributed by atoms with E-state index in [1.165, 1.54) is 218 Å². The largest absolute Gasteiger partial charge is 0.0804 e. The average Bonchev–Trinajstić information content (AvgIpc) is 3.04. The van der Waals surface area contributed by atoms with E-state index in [1.54, 1.807) is 11.1 Å². The summed E-state index contributed by atoms with van der Waals surface area (Å²) >= 11 is 4.18. The number of halogens is 1. The Hall–Kier alpha value is -0.300. The van der Waals surface area contributed by atoms with Crippen molar-refractivity contribution < 1.29 is 0 Å². The third kappa shape index (κ3) is 26.4. The van der Waals surface area contributed by atoms with Crippen LogP contribution in [0.25, 0.3) is 0 Å². The lowest BCUT2D eigenvalue weighted by molar-refractivity contribution is 0.513. The van der Waals surface area contributed by atoms with Gasteiger partial charge >= 0.3 is 0 Å². The van der Waals surface area contributed by atoms with Crippen molar-refractivity contribution in [2.75, 3.05) is 0 Å². The molecule has 0 saturated heterocycles. The first-order valence-corrected chi connectivity index (χ1v) is 21.7. The topological polar surface area (TPSA) is 0 Å². The minimum atomic E-state index is 0.120. The Morgan fingerprint density at radius 2 is 0.689 bits per heavy atom. The third-order valence-corrected chi connectivity index (χ3v) is 11.2. The van der Waals surface area contributed by atoms with Gasteiger partial charge in [-0.05, 0) is 37.3 Å². The lowest BCUT2D eigenvalue weighted by Crippen LogP contribution is -2.15. The molecule has 45 heavy (non-hydrogen) atoms. The monoisotopic (exact) mass is 689 g/mol. The van der Waals surface area contributed by atoms with Crippen molar-refractivity contribution in [3.63, 3.8) is 0 Å². The van der Waals surface area contributed by atoms with E-state index in [4.69, 9.17) is 0 Å². The van der Waals surface area contributed by atoms with Crippen LogP contribution in [-0.4, -0.2) is 0 Å². The molecule has 0 fully saturated rings. The van der Waals surface area contributed by atoms with Crippen LogP contribution in [0.4, 0.5) is 0 Å². The van der Waals surface area contributed by atoms with Gasteiger partial charge in [-0.15, -0.1) is 0 Å². The highest BCUT2D eigenvalue weighted by atomic mass is 79.9. The fourth-order valence-electron chi connectivity index (χ4n) is 7.25. The number of alkyl halides is 1. The molecule has 0 heterocycles. The summed E-state index contributed by atoms with van der Waals surface area (Å²) < 4.78 is 0.120. The van der Waals surface area contributed by atoms with Crippen LogP contribution in [0, 0.1) is 0 Å². The molecule has 0 N–H and O–H groups in total. The van der Waals surface area contributed by atoms with Crippen LogP contribution in [0.2, 0.25) is 0 Å². The van der Waals surface area contributed by atoms with Crippen molar-refractivity contribution in [2.45, 2.75) is 243 Å². The predicted molar refractivity (Wildman–Crippen MR) is 210 cm³/mol. The van der Waals surface area contributed by atoms with Crippen molar-refractivity contribution in [1.82, 2.24) is 0 Å². The van der Waals surface area contributed by atoms with E-state index in [-0.39, 0.29) is 4.32 Å². The van der Waals surface area contributed by atoms with Crippen LogP contribution in [0.3, 0.4) is 0 Å². The molecule has 0 amide bonds. The van der Waals surface area contributed by atoms with Crippen LogP contribution in [-0.2, 0) is 10.7 Å². The second kappa shape index (κ2) is 32.3. The van der Waals surface area contributed by atoms with Crippen LogP contribution in [0.1, 0.15) is 244 Å². The van der Waals surface area contributed by atoms with Crippen molar-refractivity contribution in [3.8, 4) is 0 Å².